The molecule has 0 aliphatic carbocycles. The van der Waals surface area contributed by atoms with Crippen LogP contribution in [0.25, 0.3) is 0 Å². The Morgan fingerprint density at radius 1 is 1.09 bits per heavy atom. The lowest BCUT2D eigenvalue weighted by atomic mass is 9.96. The third-order valence-electron chi connectivity index (χ3n) is 5.90. The average Bonchev–Trinajstić information content (AvgIpc) is 2.83. The summed E-state index contributed by atoms with van der Waals surface area (Å²) in [7, 11) is -0.369. The van der Waals surface area contributed by atoms with Crippen LogP contribution in [0.1, 0.15) is 24.0 Å². The van der Waals surface area contributed by atoms with Crippen molar-refractivity contribution in [3.8, 4) is 6.07 Å². The van der Waals surface area contributed by atoms with Crippen LogP contribution in [0.15, 0.2) is 47.4 Å². The van der Waals surface area contributed by atoms with E-state index in [0.29, 0.717) is 44.1 Å². The van der Waals surface area contributed by atoms with Gasteiger partial charge in [-0.05, 0) is 62.8 Å². The van der Waals surface area contributed by atoms with E-state index in [0.717, 1.165) is 22.0 Å². The van der Waals surface area contributed by atoms with Gasteiger partial charge in [0.25, 0.3) is 0 Å². The maximum absolute atomic E-state index is 14.1. The third-order valence-corrected chi connectivity index (χ3v) is 7.81. The van der Waals surface area contributed by atoms with Gasteiger partial charge < -0.3 is 9.80 Å². The highest BCUT2D eigenvalue weighted by atomic mass is 32.2. The van der Waals surface area contributed by atoms with E-state index in [-0.39, 0.29) is 24.9 Å². The molecule has 7 nitrogen and oxygen atoms in total. The number of carbonyl (C=O) groups is 1. The first-order valence-electron chi connectivity index (χ1n) is 11.0. The van der Waals surface area contributed by atoms with E-state index in [1.165, 1.54) is 0 Å². The van der Waals surface area contributed by atoms with Gasteiger partial charge in [-0.1, -0.05) is 12.1 Å². The van der Waals surface area contributed by atoms with E-state index in [9.17, 15) is 22.0 Å². The Morgan fingerprint density at radius 2 is 1.74 bits per heavy atom. The van der Waals surface area contributed by atoms with E-state index >= 15 is 0 Å². The van der Waals surface area contributed by atoms with Gasteiger partial charge >= 0.3 is 0 Å². The molecule has 3 rings (SSSR count). The number of amides is 1. The quantitative estimate of drug-likeness (QED) is 0.568. The van der Waals surface area contributed by atoms with E-state index in [1.54, 1.807) is 17.0 Å². The number of nitrogens with zero attached hydrogens (tertiary/aromatic N) is 4. The van der Waals surface area contributed by atoms with Crippen molar-refractivity contribution in [1.29, 1.82) is 5.26 Å². The van der Waals surface area contributed by atoms with Gasteiger partial charge in [-0.3, -0.25) is 4.79 Å². The van der Waals surface area contributed by atoms with E-state index in [4.69, 9.17) is 5.26 Å². The van der Waals surface area contributed by atoms with Crippen molar-refractivity contribution in [2.45, 2.75) is 24.3 Å². The van der Waals surface area contributed by atoms with Crippen LogP contribution in [0, 0.1) is 28.9 Å². The number of carbonyl (C=O) groups excluding carboxylic acids is 1. The van der Waals surface area contributed by atoms with Crippen molar-refractivity contribution >= 4 is 15.9 Å². The maximum atomic E-state index is 14.1. The van der Waals surface area contributed by atoms with Crippen molar-refractivity contribution < 1.29 is 22.0 Å². The van der Waals surface area contributed by atoms with Crippen molar-refractivity contribution in [2.75, 3.05) is 40.3 Å². The van der Waals surface area contributed by atoms with Crippen LogP contribution < -0.4 is 0 Å². The Morgan fingerprint density at radius 3 is 2.32 bits per heavy atom. The molecule has 2 aromatic rings. The Bertz CT molecular complexity index is 1160. The molecule has 1 fully saturated rings. The predicted octanol–water partition coefficient (Wildman–Crippen LogP) is 2.83. The van der Waals surface area contributed by atoms with E-state index in [2.05, 4.69) is 6.07 Å². The molecule has 1 heterocycles. The van der Waals surface area contributed by atoms with Gasteiger partial charge in [0.05, 0.1) is 11.6 Å². The second-order valence-corrected chi connectivity index (χ2v) is 10.5. The fourth-order valence-corrected chi connectivity index (χ4v) is 5.45. The summed E-state index contributed by atoms with van der Waals surface area (Å²) in [5.74, 6) is -2.27. The highest BCUT2D eigenvalue weighted by Crippen LogP contribution is 2.27. The molecule has 0 saturated carbocycles. The highest BCUT2D eigenvalue weighted by Gasteiger charge is 2.35. The summed E-state index contributed by atoms with van der Waals surface area (Å²) in [6.45, 7) is 1.64. The zero-order chi connectivity index (χ0) is 24.9. The first kappa shape index (κ1) is 25.7. The number of halogens is 2. The van der Waals surface area contributed by atoms with Gasteiger partial charge in [-0.25, -0.2) is 17.2 Å². The molecule has 34 heavy (non-hydrogen) atoms. The first-order valence-corrected chi connectivity index (χ1v) is 12.4. The molecule has 0 atom stereocenters. The van der Waals surface area contributed by atoms with Gasteiger partial charge in [0.15, 0.2) is 0 Å². The number of piperidine rings is 1. The number of benzene rings is 2. The summed E-state index contributed by atoms with van der Waals surface area (Å²) in [6, 6.07) is 11.5. The normalized spacial score (nSPS) is 15.3. The summed E-state index contributed by atoms with van der Waals surface area (Å²) in [5.41, 5.74) is 1.44. The lowest BCUT2D eigenvalue weighted by Crippen LogP contribution is -2.45. The summed E-state index contributed by atoms with van der Waals surface area (Å²) in [6.07, 6.45) is 0.585. The van der Waals surface area contributed by atoms with Crippen LogP contribution in [-0.2, 0) is 21.4 Å². The minimum atomic E-state index is -4.20. The van der Waals surface area contributed by atoms with Crippen molar-refractivity contribution in [3.05, 3.63) is 65.2 Å². The van der Waals surface area contributed by atoms with E-state index in [1.807, 2.05) is 31.1 Å². The molecule has 1 amide bonds. The van der Waals surface area contributed by atoms with Crippen LogP contribution in [0.3, 0.4) is 0 Å². The Labute approximate surface area is 199 Å². The van der Waals surface area contributed by atoms with Crippen LogP contribution in [0.4, 0.5) is 8.78 Å². The molecule has 10 heteroatoms. The van der Waals surface area contributed by atoms with Gasteiger partial charge in [0.1, 0.15) is 16.5 Å². The fourth-order valence-electron chi connectivity index (χ4n) is 3.91. The molecular formula is C24H28F2N4O3S. The molecule has 0 bridgehead atoms. The van der Waals surface area contributed by atoms with Gasteiger partial charge in [-0.15, -0.1) is 0 Å². The standard InChI is InChI=1S/C24H28F2N4O3S/c1-28(2)13-14-29(17-19-5-3-18(16-27)4-6-19)24(31)20-9-11-30(12-10-20)34(32,33)23-15-21(25)7-8-22(23)26/h3-8,15,20H,9-14,17H2,1-2H3. The van der Waals surface area contributed by atoms with E-state index < -0.39 is 26.6 Å². The SMILES string of the molecule is CN(C)CCN(Cc1ccc(C#N)cc1)C(=O)C1CCN(S(=O)(=O)c2cc(F)ccc2F)CC1. The highest BCUT2D eigenvalue weighted by molar-refractivity contribution is 7.89. The summed E-state index contributed by atoms with van der Waals surface area (Å²) in [4.78, 5) is 16.4. The smallest absolute Gasteiger partial charge is 0.246 e. The van der Waals surface area contributed by atoms with Crippen LogP contribution >= 0.6 is 0 Å². The predicted molar refractivity (Wildman–Crippen MR) is 123 cm³/mol. The molecule has 1 aliphatic rings. The molecule has 182 valence electrons. The second-order valence-electron chi connectivity index (χ2n) is 8.62. The van der Waals surface area contributed by atoms with Crippen LogP contribution in [-0.4, -0.2) is 68.7 Å². The molecule has 0 spiro atoms. The van der Waals surface area contributed by atoms with Crippen molar-refractivity contribution in [1.82, 2.24) is 14.1 Å². The molecule has 0 unspecified atom stereocenters. The van der Waals surface area contributed by atoms with Gasteiger partial charge in [-0.2, -0.15) is 9.57 Å². The van der Waals surface area contributed by atoms with Crippen molar-refractivity contribution in [2.24, 2.45) is 5.92 Å². The molecule has 1 saturated heterocycles. The number of sulfonamides is 1. The largest absolute Gasteiger partial charge is 0.337 e. The number of nitriles is 1. The van der Waals surface area contributed by atoms with Gasteiger partial charge in [0, 0.05) is 38.6 Å². The minimum absolute atomic E-state index is 0.0487. The zero-order valence-corrected chi connectivity index (χ0v) is 20.1. The zero-order valence-electron chi connectivity index (χ0n) is 19.2. The first-order chi connectivity index (χ1) is 16.1. The summed E-state index contributed by atoms with van der Waals surface area (Å²) in [5, 5.41) is 8.99. The molecular weight excluding hydrogens is 462 g/mol. The minimum Gasteiger partial charge on any atom is -0.337 e. The van der Waals surface area contributed by atoms with Gasteiger partial charge in [0.2, 0.25) is 15.9 Å². The monoisotopic (exact) mass is 490 g/mol. The lowest BCUT2D eigenvalue weighted by molar-refractivity contribution is -0.137. The summed E-state index contributed by atoms with van der Waals surface area (Å²) >= 11 is 0. The number of hydrogen-bond donors (Lipinski definition) is 0. The number of rotatable bonds is 8. The van der Waals surface area contributed by atoms with Crippen LogP contribution in [0.5, 0.6) is 0 Å². The number of likely N-dealkylation sites (N-methyl/N-ethyl adjacent to an activating group) is 1. The summed E-state index contributed by atoms with van der Waals surface area (Å²) < 4.78 is 54.4. The van der Waals surface area contributed by atoms with Crippen molar-refractivity contribution in [3.63, 3.8) is 0 Å². The average molecular weight is 491 g/mol. The molecule has 0 radical (unpaired) electrons. The third kappa shape index (κ3) is 6.17. The number of hydrogen-bond acceptors (Lipinski definition) is 5. The van der Waals surface area contributed by atoms with Crippen LogP contribution in [0.2, 0.25) is 0 Å². The second kappa shape index (κ2) is 11.0. The molecule has 1 aliphatic heterocycles. The Kier molecular flexibility index (Phi) is 8.36. The maximum Gasteiger partial charge on any atom is 0.246 e. The lowest BCUT2D eigenvalue weighted by Gasteiger charge is -2.34. The topological polar surface area (TPSA) is 84.7 Å². The molecule has 0 N–H and O–H groups in total. The Hall–Kier alpha value is -2.87. The molecule has 2 aromatic carbocycles. The fraction of sp³-hybridized carbons (Fsp3) is 0.417. The Balaban J connectivity index is 1.70. The molecule has 0 aromatic heterocycles.